The van der Waals surface area contributed by atoms with E-state index >= 15 is 0 Å². The monoisotopic (exact) mass is 1970 g/mol. The Balaban J connectivity index is 0.970. The van der Waals surface area contributed by atoms with Gasteiger partial charge in [0.15, 0.2) is 46.0 Å². The second-order valence-corrected chi connectivity index (χ2v) is 43.1. The van der Waals surface area contributed by atoms with E-state index in [4.69, 9.17) is 57.8 Å². The number of aromatic nitrogens is 8. The number of hydrogen-bond acceptors (Lipinski definition) is 16. The van der Waals surface area contributed by atoms with Gasteiger partial charge in [0.25, 0.3) is 0 Å². The minimum Gasteiger partial charge on any atom is -0.453 e. The largest absolute Gasteiger partial charge is 0.453 e. The van der Waals surface area contributed by atoms with Crippen LogP contribution >= 0.6 is 50.5 Å². The molecule has 4 aromatic heterocycles. The molecule has 0 fully saturated rings. The Bertz CT molecular complexity index is 5010. The maximum absolute atomic E-state index is 8.04. The third-order valence-corrected chi connectivity index (χ3v) is 31.7. The molecule has 4 unspecified atom stereocenters. The molecule has 8 heterocycles. The van der Waals surface area contributed by atoms with E-state index in [-0.39, 0.29) is 23.7 Å². The molecule has 0 saturated heterocycles. The Hall–Kier alpha value is -8.56. The van der Waals surface area contributed by atoms with E-state index in [0.29, 0.717) is 92.0 Å². The number of ether oxygens (including phenoxy) is 8. The number of hydrogen-bond donors (Lipinski definition) is 8. The molecule has 4 N–H and O–H groups in total. The first kappa shape index (κ1) is 103. The zero-order chi connectivity index (χ0) is 96.1. The number of thiol groups is 4. The standard InChI is InChI=1S/C120H160N8O8S4/c1-5-9-13-17-21-25-29-33-41-53-81-85-65-87-82(54-42-34-30-26-22-18-14-10-6-2)89-67-91-84(56-44-36-32-28-24-20-16-12-8-4)92-68-90-83(55-43-35-31-27-23-19-15-11-7-3)88-66-86(81)102-78-104(88)132-112-72-96-98(126-119(124-96)59-47-39-51-63-139)74-114(112)134-106(90)80-108(92)136-116-76-100-99(127-120(128-100)60-48-40-52-64-140)75-115(116)135-107(91)79-105(89)133-113-73-97-95(123-118(125-97)58-46-38-50-62-138)71-111(113)131-103(87)77-101(85)129-109-69-93-94(70-110(109)130-102)122-117(121-93)57-45-37-49-61-137/h65-84,137-140H,5-64H2,1-4H3,(H,121,122)(H,123,125)(H,124,126)(H,127,128). The number of H-pyrrole nitrogens is 4. The van der Waals surface area contributed by atoms with E-state index in [0.717, 1.165) is 340 Å². The van der Waals surface area contributed by atoms with Crippen LogP contribution in [0.25, 0.3) is 44.1 Å². The summed E-state index contributed by atoms with van der Waals surface area (Å²) in [6.45, 7) is 9.27. The van der Waals surface area contributed by atoms with E-state index in [2.05, 4.69) is 195 Å². The normalized spacial score (nSPS) is 15.3. The minimum atomic E-state index is -0.299. The Kier molecular flexibility index (Phi) is 38.8. The number of nitrogens with zero attached hydrogens (tertiary/aromatic N) is 4. The number of rotatable bonds is 60. The molecule has 20 heteroatoms. The third kappa shape index (κ3) is 26.6. The Morgan fingerprint density at radius 3 is 0.529 bits per heavy atom. The van der Waals surface area contributed by atoms with Crippen LogP contribution in [0.3, 0.4) is 0 Å². The summed E-state index contributed by atoms with van der Waals surface area (Å²) in [7, 11) is 0. The molecule has 0 amide bonds. The van der Waals surface area contributed by atoms with E-state index < -0.39 is 0 Å². The van der Waals surface area contributed by atoms with Gasteiger partial charge in [-0.05, 0) is 124 Å². The molecule has 8 bridgehead atoms. The summed E-state index contributed by atoms with van der Waals surface area (Å²) in [5.74, 6) is 16.0. The first-order valence-corrected chi connectivity index (χ1v) is 58.3. The van der Waals surface area contributed by atoms with Crippen molar-refractivity contribution >= 4 is 94.6 Å². The molecule has 1 aliphatic carbocycles. The SMILES string of the molecule is CCCCCCCCCCCC1c2cc3c4cc2Oc2cc5nc(CCCCCS)[nH]c5cc2Oc2cc5c(cc21)C(CCCCCCCCCCC)c1cc2c(cc1Oc1cc6[nH]c(CCCCCS)nc6cc1O5)Oc1cc5nc(CCCCCS)[nH]c5cc1Oc1cc(c(cc1C2CCCCCCCCCCC)C3CCCCCCCCCCC)Oc1cc2[nH]c(CCCCCS)nc2cc1O4. The summed E-state index contributed by atoms with van der Waals surface area (Å²) >= 11 is 18.5. The van der Waals surface area contributed by atoms with Crippen molar-refractivity contribution in [1.82, 2.24) is 39.9 Å². The lowest BCUT2D eigenvalue weighted by atomic mass is 9.76. The summed E-state index contributed by atoms with van der Waals surface area (Å²) in [5.41, 5.74) is 15.3. The summed E-state index contributed by atoms with van der Waals surface area (Å²) in [6, 6.07) is 36.3. The molecule has 140 heavy (non-hydrogen) atoms. The number of unbranched alkanes of at least 4 members (excludes halogenated alkanes) is 40. The van der Waals surface area contributed by atoms with Crippen molar-refractivity contribution in [1.29, 1.82) is 0 Å². The number of benzene rings is 8. The van der Waals surface area contributed by atoms with Gasteiger partial charge < -0.3 is 57.8 Å². The summed E-state index contributed by atoms with van der Waals surface area (Å²) < 4.78 is 64.3. The van der Waals surface area contributed by atoms with Crippen LogP contribution in [0.1, 0.15) is 453 Å². The van der Waals surface area contributed by atoms with Crippen molar-refractivity contribution in [2.75, 3.05) is 23.0 Å². The van der Waals surface area contributed by atoms with Gasteiger partial charge in [-0.25, -0.2) is 19.9 Å². The number of aryl methyl sites for hydroxylation is 4. The van der Waals surface area contributed by atoms with Gasteiger partial charge in [-0.2, -0.15) is 50.5 Å². The van der Waals surface area contributed by atoms with Crippen LogP contribution in [0.5, 0.6) is 92.0 Å². The summed E-state index contributed by atoms with van der Waals surface area (Å²) in [4.78, 5) is 36.8. The number of fused-ring (bicyclic) bond motifs is 8. The molecule has 16 nitrogen and oxygen atoms in total. The number of nitrogens with one attached hydrogen (secondary N) is 4. The molecule has 4 aliphatic heterocycles. The highest BCUT2D eigenvalue weighted by molar-refractivity contribution is 7.80. The van der Waals surface area contributed by atoms with E-state index in [9.17, 15) is 0 Å². The highest BCUT2D eigenvalue weighted by Crippen LogP contribution is 2.61. The zero-order valence-corrected chi connectivity index (χ0v) is 88.4. The molecule has 5 aliphatic rings. The number of aromatic amines is 4. The third-order valence-electron chi connectivity index (χ3n) is 30.4. The minimum absolute atomic E-state index is 0.297. The molecular formula is C120H160N8O8S4. The molecule has 0 spiro atoms. The van der Waals surface area contributed by atoms with Crippen LogP contribution in [0.15, 0.2) is 97.1 Å². The average Bonchev–Trinajstić information content (AvgIpc) is 1.49. The summed E-state index contributed by atoms with van der Waals surface area (Å²) in [6.07, 6.45) is 61.7. The van der Waals surface area contributed by atoms with Crippen molar-refractivity contribution in [3.63, 3.8) is 0 Å². The molecular weight excluding hydrogens is 1810 g/mol. The van der Waals surface area contributed by atoms with Gasteiger partial charge in [0, 0.05) is 167 Å². The fourth-order valence-corrected chi connectivity index (χ4v) is 23.4. The molecule has 0 radical (unpaired) electrons. The van der Waals surface area contributed by atoms with Crippen molar-refractivity contribution < 1.29 is 37.9 Å². The van der Waals surface area contributed by atoms with Crippen LogP contribution in [-0.2, 0) is 25.7 Å². The van der Waals surface area contributed by atoms with Crippen LogP contribution in [-0.4, -0.2) is 62.9 Å². The second-order valence-electron chi connectivity index (χ2n) is 41.3. The summed E-state index contributed by atoms with van der Waals surface area (Å²) in [5, 5.41) is 0. The van der Waals surface area contributed by atoms with Crippen LogP contribution in [0, 0.1) is 0 Å². The second kappa shape index (κ2) is 52.8. The number of imidazole rings is 4. The lowest BCUT2D eigenvalue weighted by Gasteiger charge is -2.30. The van der Waals surface area contributed by atoms with Crippen molar-refractivity contribution in [3.8, 4) is 92.0 Å². The smallest absolute Gasteiger partial charge is 0.172 e. The predicted octanol–water partition coefficient (Wildman–Crippen LogP) is 37.9. The lowest BCUT2D eigenvalue weighted by Crippen LogP contribution is -2.13. The Labute approximate surface area is 857 Å². The van der Waals surface area contributed by atoms with Gasteiger partial charge in [-0.1, -0.05) is 285 Å². The molecule has 8 aromatic carbocycles. The molecule has 0 saturated carbocycles. The lowest BCUT2D eigenvalue weighted by molar-refractivity contribution is 0.401. The predicted molar refractivity (Wildman–Crippen MR) is 591 cm³/mol. The van der Waals surface area contributed by atoms with Crippen molar-refractivity contribution in [2.24, 2.45) is 0 Å². The topological polar surface area (TPSA) is 189 Å². The van der Waals surface area contributed by atoms with Gasteiger partial charge in [0.1, 0.15) is 69.3 Å². The molecule has 4 atom stereocenters. The van der Waals surface area contributed by atoms with Crippen LogP contribution in [0.2, 0.25) is 0 Å². The van der Waals surface area contributed by atoms with E-state index in [1.807, 2.05) is 0 Å². The maximum Gasteiger partial charge on any atom is 0.172 e. The zero-order valence-electron chi connectivity index (χ0n) is 84.8. The Morgan fingerprint density at radius 2 is 0.350 bits per heavy atom. The van der Waals surface area contributed by atoms with Gasteiger partial charge in [-0.15, -0.1) is 0 Å². The average molecular weight is 1970 g/mol. The van der Waals surface area contributed by atoms with Crippen LogP contribution < -0.4 is 37.9 Å². The highest BCUT2D eigenvalue weighted by Gasteiger charge is 2.40. The molecule has 17 rings (SSSR count). The fourth-order valence-electron chi connectivity index (χ4n) is 22.5. The molecule has 12 aromatic rings. The van der Waals surface area contributed by atoms with Crippen molar-refractivity contribution in [3.05, 3.63) is 165 Å². The quantitative estimate of drug-likeness (QED) is 0.0133. The first-order valence-electron chi connectivity index (χ1n) is 55.7. The van der Waals surface area contributed by atoms with E-state index in [1.165, 1.54) is 154 Å². The first-order chi connectivity index (χ1) is 69.1. The van der Waals surface area contributed by atoms with Gasteiger partial charge in [-0.3, -0.25) is 0 Å². The highest BCUT2D eigenvalue weighted by atomic mass is 32.1. The molecule has 752 valence electrons. The van der Waals surface area contributed by atoms with E-state index in [1.54, 1.807) is 0 Å². The fraction of sp³-hybridized carbons (Fsp3) is 0.567. The van der Waals surface area contributed by atoms with Crippen LogP contribution in [0.4, 0.5) is 0 Å². The van der Waals surface area contributed by atoms with Gasteiger partial charge >= 0.3 is 0 Å². The van der Waals surface area contributed by atoms with Gasteiger partial charge in [0.05, 0.1) is 44.1 Å². The van der Waals surface area contributed by atoms with Gasteiger partial charge in [0.2, 0.25) is 0 Å². The maximum atomic E-state index is 8.04. The Morgan fingerprint density at radius 1 is 0.186 bits per heavy atom. The van der Waals surface area contributed by atoms with Crippen molar-refractivity contribution in [2.45, 2.75) is 411 Å².